The van der Waals surface area contributed by atoms with Crippen LogP contribution in [0.5, 0.6) is 17.2 Å². The van der Waals surface area contributed by atoms with Crippen LogP contribution in [-0.4, -0.2) is 26.3 Å². The zero-order valence-electron chi connectivity index (χ0n) is 12.6. The Balaban J connectivity index is 2.17. The highest BCUT2D eigenvalue weighted by Gasteiger charge is 2.12. The van der Waals surface area contributed by atoms with Crippen molar-refractivity contribution in [3.8, 4) is 17.2 Å². The van der Waals surface area contributed by atoms with Gasteiger partial charge in [-0.15, -0.1) is 0 Å². The Morgan fingerprint density at radius 3 is 2.57 bits per heavy atom. The van der Waals surface area contributed by atoms with E-state index in [1.165, 1.54) is 0 Å². The Morgan fingerprint density at radius 1 is 1.05 bits per heavy atom. The predicted octanol–water partition coefficient (Wildman–Crippen LogP) is 2.40. The van der Waals surface area contributed by atoms with Crippen molar-refractivity contribution < 1.29 is 14.2 Å². The van der Waals surface area contributed by atoms with E-state index in [0.717, 1.165) is 17.9 Å². The third kappa shape index (κ3) is 3.64. The second-order valence-electron chi connectivity index (χ2n) is 4.42. The van der Waals surface area contributed by atoms with Gasteiger partial charge in [0.25, 0.3) is 0 Å². The lowest BCUT2D eigenvalue weighted by Crippen LogP contribution is -2.08. The lowest BCUT2D eigenvalue weighted by atomic mass is 10.2. The van der Waals surface area contributed by atoms with Crippen molar-refractivity contribution in [3.05, 3.63) is 47.8 Å². The number of pyridine rings is 1. The number of aromatic nitrogens is 1. The summed E-state index contributed by atoms with van der Waals surface area (Å²) in [4.78, 5) is 4.30. The second-order valence-corrected chi connectivity index (χ2v) is 4.42. The summed E-state index contributed by atoms with van der Waals surface area (Å²) < 4.78 is 16.5. The molecule has 0 atom stereocenters. The first-order valence-electron chi connectivity index (χ1n) is 6.71. The largest absolute Gasteiger partial charge is 0.493 e. The number of rotatable bonds is 7. The summed E-state index contributed by atoms with van der Waals surface area (Å²) >= 11 is 0. The van der Waals surface area contributed by atoms with Gasteiger partial charge in [-0.05, 0) is 13.1 Å². The molecular formula is C16H20N2O3. The Hall–Kier alpha value is -2.27. The maximum atomic E-state index is 5.88. The lowest BCUT2D eigenvalue weighted by Gasteiger charge is -2.14. The van der Waals surface area contributed by atoms with E-state index in [9.17, 15) is 0 Å². The van der Waals surface area contributed by atoms with Gasteiger partial charge in [-0.3, -0.25) is 4.98 Å². The van der Waals surface area contributed by atoms with Gasteiger partial charge in [-0.1, -0.05) is 18.2 Å². The Bertz CT molecular complexity index is 587. The second kappa shape index (κ2) is 7.50. The number of ether oxygens (including phenoxy) is 3. The molecule has 0 fully saturated rings. The molecule has 5 heteroatoms. The molecule has 0 bridgehead atoms. The van der Waals surface area contributed by atoms with Gasteiger partial charge in [0.05, 0.1) is 14.2 Å². The third-order valence-electron chi connectivity index (χ3n) is 3.07. The summed E-state index contributed by atoms with van der Waals surface area (Å²) in [6.07, 6.45) is 1.68. The summed E-state index contributed by atoms with van der Waals surface area (Å²) in [5.41, 5.74) is 1.80. The van der Waals surface area contributed by atoms with Gasteiger partial charge >= 0.3 is 0 Å². The first kappa shape index (κ1) is 15.1. The smallest absolute Gasteiger partial charge is 0.185 e. The van der Waals surface area contributed by atoms with E-state index in [-0.39, 0.29) is 0 Å². The molecule has 0 saturated heterocycles. The molecule has 0 radical (unpaired) electrons. The van der Waals surface area contributed by atoms with Gasteiger partial charge in [0.15, 0.2) is 11.5 Å². The van der Waals surface area contributed by atoms with E-state index in [4.69, 9.17) is 14.2 Å². The molecule has 1 aromatic carbocycles. The van der Waals surface area contributed by atoms with Crippen LogP contribution in [0.25, 0.3) is 0 Å². The fraction of sp³-hybridized carbons (Fsp3) is 0.312. The summed E-state index contributed by atoms with van der Waals surface area (Å²) in [7, 11) is 5.10. The van der Waals surface area contributed by atoms with Crippen LogP contribution in [0.3, 0.4) is 0 Å². The Kier molecular flexibility index (Phi) is 5.40. The van der Waals surface area contributed by atoms with Crippen LogP contribution in [0.4, 0.5) is 0 Å². The number of hydrogen-bond donors (Lipinski definition) is 1. The Morgan fingerprint density at radius 2 is 1.86 bits per heavy atom. The normalized spacial score (nSPS) is 10.2. The SMILES string of the molecule is CNCc1ccccc1OCc1nccc(OC)c1OC. The minimum atomic E-state index is 0.321. The van der Waals surface area contributed by atoms with Crippen molar-refractivity contribution >= 4 is 0 Å². The van der Waals surface area contributed by atoms with Crippen molar-refractivity contribution in [1.82, 2.24) is 10.3 Å². The fourth-order valence-electron chi connectivity index (χ4n) is 2.08. The zero-order valence-corrected chi connectivity index (χ0v) is 12.6. The number of benzene rings is 1. The average molecular weight is 288 g/mol. The monoisotopic (exact) mass is 288 g/mol. The molecule has 2 aromatic rings. The molecule has 0 aliphatic rings. The first-order valence-corrected chi connectivity index (χ1v) is 6.71. The van der Waals surface area contributed by atoms with Crippen molar-refractivity contribution in [3.63, 3.8) is 0 Å². The van der Waals surface area contributed by atoms with Gasteiger partial charge in [-0.25, -0.2) is 0 Å². The topological polar surface area (TPSA) is 52.6 Å². The molecule has 0 spiro atoms. The van der Waals surface area contributed by atoms with Crippen LogP contribution in [0.15, 0.2) is 36.5 Å². The lowest BCUT2D eigenvalue weighted by molar-refractivity contribution is 0.282. The molecule has 112 valence electrons. The average Bonchev–Trinajstić information content (AvgIpc) is 2.53. The molecule has 0 aliphatic heterocycles. The molecule has 1 aromatic heterocycles. The maximum absolute atomic E-state index is 5.88. The van der Waals surface area contributed by atoms with Crippen molar-refractivity contribution in [2.24, 2.45) is 0 Å². The standard InChI is InChI=1S/C16H20N2O3/c1-17-10-12-6-4-5-7-14(12)21-11-13-16(20-3)15(19-2)8-9-18-13/h4-9,17H,10-11H2,1-3H3. The maximum Gasteiger partial charge on any atom is 0.185 e. The van der Waals surface area contributed by atoms with E-state index in [0.29, 0.717) is 23.8 Å². The van der Waals surface area contributed by atoms with Crippen LogP contribution in [-0.2, 0) is 13.2 Å². The molecule has 2 rings (SSSR count). The molecule has 0 saturated carbocycles. The molecule has 0 unspecified atom stereocenters. The van der Waals surface area contributed by atoms with E-state index >= 15 is 0 Å². The van der Waals surface area contributed by atoms with Crippen molar-refractivity contribution in [1.29, 1.82) is 0 Å². The van der Waals surface area contributed by atoms with E-state index < -0.39 is 0 Å². The van der Waals surface area contributed by atoms with Gasteiger partial charge in [-0.2, -0.15) is 0 Å². The van der Waals surface area contributed by atoms with Crippen molar-refractivity contribution in [2.45, 2.75) is 13.2 Å². The molecule has 1 N–H and O–H groups in total. The Labute approximate surface area is 124 Å². The van der Waals surface area contributed by atoms with Crippen molar-refractivity contribution in [2.75, 3.05) is 21.3 Å². The summed E-state index contributed by atoms with van der Waals surface area (Å²) in [6.45, 7) is 1.07. The number of para-hydroxylation sites is 1. The van der Waals surface area contributed by atoms with Gasteiger partial charge < -0.3 is 19.5 Å². The molecule has 1 heterocycles. The third-order valence-corrected chi connectivity index (χ3v) is 3.07. The fourth-order valence-corrected chi connectivity index (χ4v) is 2.08. The van der Waals surface area contributed by atoms with Crippen LogP contribution >= 0.6 is 0 Å². The summed E-state index contributed by atoms with van der Waals surface area (Å²) in [5, 5.41) is 3.12. The van der Waals surface area contributed by atoms with E-state index in [1.807, 2.05) is 31.3 Å². The minimum Gasteiger partial charge on any atom is -0.493 e. The number of methoxy groups -OCH3 is 2. The molecule has 21 heavy (non-hydrogen) atoms. The minimum absolute atomic E-state index is 0.321. The number of hydrogen-bond acceptors (Lipinski definition) is 5. The highest BCUT2D eigenvalue weighted by Crippen LogP contribution is 2.30. The molecule has 0 aliphatic carbocycles. The summed E-state index contributed by atoms with van der Waals surface area (Å²) in [6, 6.07) is 9.67. The quantitative estimate of drug-likeness (QED) is 0.848. The first-order chi connectivity index (χ1) is 10.3. The zero-order chi connectivity index (χ0) is 15.1. The highest BCUT2D eigenvalue weighted by molar-refractivity contribution is 5.42. The van der Waals surface area contributed by atoms with Crippen LogP contribution in [0, 0.1) is 0 Å². The van der Waals surface area contributed by atoms with Gasteiger partial charge in [0.1, 0.15) is 18.1 Å². The number of nitrogens with zero attached hydrogens (tertiary/aromatic N) is 1. The van der Waals surface area contributed by atoms with E-state index in [1.54, 1.807) is 26.5 Å². The molecule has 0 amide bonds. The number of nitrogens with one attached hydrogen (secondary N) is 1. The highest BCUT2D eigenvalue weighted by atomic mass is 16.5. The summed E-state index contributed by atoms with van der Waals surface area (Å²) in [5.74, 6) is 2.08. The van der Waals surface area contributed by atoms with Crippen LogP contribution < -0.4 is 19.5 Å². The molecular weight excluding hydrogens is 268 g/mol. The predicted molar refractivity (Wildman–Crippen MR) is 80.9 cm³/mol. The van der Waals surface area contributed by atoms with Gasteiger partial charge in [0.2, 0.25) is 0 Å². The molecule has 5 nitrogen and oxygen atoms in total. The van der Waals surface area contributed by atoms with Crippen LogP contribution in [0.2, 0.25) is 0 Å². The van der Waals surface area contributed by atoms with E-state index in [2.05, 4.69) is 10.3 Å². The van der Waals surface area contributed by atoms with Gasteiger partial charge in [0, 0.05) is 24.4 Å². The van der Waals surface area contributed by atoms with Crippen LogP contribution in [0.1, 0.15) is 11.3 Å².